The Balaban J connectivity index is 0.00000210. The van der Waals surface area contributed by atoms with Gasteiger partial charge < -0.3 is 9.64 Å². The first-order valence-corrected chi connectivity index (χ1v) is 9.81. The molecule has 142 valence electrons. The fraction of sp³-hybridized carbons (Fsp3) is 0.286. The van der Waals surface area contributed by atoms with E-state index in [1.54, 1.807) is 18.4 Å². The van der Waals surface area contributed by atoms with Gasteiger partial charge >= 0.3 is 0 Å². The molecule has 0 saturated carbocycles. The molecule has 0 unspecified atom stereocenters. The Morgan fingerprint density at radius 3 is 2.48 bits per heavy atom. The van der Waals surface area contributed by atoms with E-state index in [0.717, 1.165) is 43.6 Å². The lowest BCUT2D eigenvalue weighted by Crippen LogP contribution is -2.46. The molecule has 0 radical (unpaired) electrons. The maximum absolute atomic E-state index is 5.54. The zero-order chi connectivity index (χ0) is 17.8. The predicted octanol–water partition coefficient (Wildman–Crippen LogP) is 4.56. The molecular formula is C21H24ClN3OS. The molecule has 1 saturated heterocycles. The van der Waals surface area contributed by atoms with Gasteiger partial charge in [-0.3, -0.25) is 4.90 Å². The first-order chi connectivity index (χ1) is 12.8. The first-order valence-electron chi connectivity index (χ1n) is 8.93. The molecule has 2 aromatic heterocycles. The SMILES string of the molecule is COc1sccc1-c1ccccc1CN1CCN(c2ccccn2)CC1.Cl. The van der Waals surface area contributed by atoms with Crippen molar-refractivity contribution >= 4 is 29.6 Å². The molecule has 1 aliphatic rings. The van der Waals surface area contributed by atoms with Crippen molar-refractivity contribution < 1.29 is 4.74 Å². The van der Waals surface area contributed by atoms with Crippen LogP contribution in [0.25, 0.3) is 11.1 Å². The summed E-state index contributed by atoms with van der Waals surface area (Å²) in [4.78, 5) is 9.36. The summed E-state index contributed by atoms with van der Waals surface area (Å²) >= 11 is 1.65. The third-order valence-corrected chi connectivity index (χ3v) is 5.73. The van der Waals surface area contributed by atoms with Crippen molar-refractivity contribution in [2.45, 2.75) is 6.54 Å². The number of benzene rings is 1. The number of ether oxygens (including phenoxy) is 1. The summed E-state index contributed by atoms with van der Waals surface area (Å²) in [6.07, 6.45) is 1.87. The van der Waals surface area contributed by atoms with E-state index in [0.29, 0.717) is 0 Å². The van der Waals surface area contributed by atoms with Crippen molar-refractivity contribution in [2.75, 3.05) is 38.2 Å². The lowest BCUT2D eigenvalue weighted by atomic mass is 10.0. The van der Waals surface area contributed by atoms with Crippen molar-refractivity contribution in [2.24, 2.45) is 0 Å². The molecule has 0 N–H and O–H groups in total. The number of hydrogen-bond acceptors (Lipinski definition) is 5. The zero-order valence-corrected chi connectivity index (χ0v) is 17.0. The van der Waals surface area contributed by atoms with Gasteiger partial charge in [-0.1, -0.05) is 30.3 Å². The van der Waals surface area contributed by atoms with Crippen LogP contribution in [0.1, 0.15) is 5.56 Å². The number of hydrogen-bond donors (Lipinski definition) is 0. The molecule has 1 fully saturated rings. The lowest BCUT2D eigenvalue weighted by molar-refractivity contribution is 0.249. The minimum Gasteiger partial charge on any atom is -0.487 e. The van der Waals surface area contributed by atoms with Crippen LogP contribution in [0.5, 0.6) is 5.06 Å². The maximum atomic E-state index is 5.54. The van der Waals surface area contributed by atoms with Crippen LogP contribution >= 0.6 is 23.7 Å². The van der Waals surface area contributed by atoms with E-state index in [9.17, 15) is 0 Å². The summed E-state index contributed by atoms with van der Waals surface area (Å²) in [5.41, 5.74) is 3.83. The number of halogens is 1. The van der Waals surface area contributed by atoms with E-state index in [-0.39, 0.29) is 12.4 Å². The van der Waals surface area contributed by atoms with E-state index in [1.807, 2.05) is 12.3 Å². The maximum Gasteiger partial charge on any atom is 0.181 e. The molecule has 0 amide bonds. The van der Waals surface area contributed by atoms with Gasteiger partial charge in [0.1, 0.15) is 5.82 Å². The second kappa shape index (κ2) is 9.22. The highest BCUT2D eigenvalue weighted by Gasteiger charge is 2.19. The van der Waals surface area contributed by atoms with Crippen molar-refractivity contribution in [1.82, 2.24) is 9.88 Å². The van der Waals surface area contributed by atoms with Crippen molar-refractivity contribution in [3.63, 3.8) is 0 Å². The van der Waals surface area contributed by atoms with Crippen LogP contribution in [0.2, 0.25) is 0 Å². The minimum absolute atomic E-state index is 0. The van der Waals surface area contributed by atoms with E-state index in [2.05, 4.69) is 62.6 Å². The topological polar surface area (TPSA) is 28.6 Å². The summed E-state index contributed by atoms with van der Waals surface area (Å²) in [6, 6.07) is 16.9. The fourth-order valence-corrected chi connectivity index (χ4v) is 4.22. The predicted molar refractivity (Wildman–Crippen MR) is 115 cm³/mol. The van der Waals surface area contributed by atoms with Crippen LogP contribution in [-0.2, 0) is 6.54 Å². The van der Waals surface area contributed by atoms with Gasteiger partial charge in [0.05, 0.1) is 7.11 Å². The van der Waals surface area contributed by atoms with E-state index < -0.39 is 0 Å². The van der Waals surface area contributed by atoms with Crippen molar-refractivity contribution in [3.05, 3.63) is 65.7 Å². The molecule has 4 nitrogen and oxygen atoms in total. The number of anilines is 1. The van der Waals surface area contributed by atoms with Gasteiger partial charge in [-0.05, 0) is 34.7 Å². The number of nitrogens with zero attached hydrogens (tertiary/aromatic N) is 3. The Bertz CT molecular complexity index is 847. The number of pyridine rings is 1. The van der Waals surface area contributed by atoms with Gasteiger partial charge in [-0.25, -0.2) is 4.98 Å². The van der Waals surface area contributed by atoms with E-state index >= 15 is 0 Å². The highest BCUT2D eigenvalue weighted by Crippen LogP contribution is 2.37. The van der Waals surface area contributed by atoms with Crippen LogP contribution in [0, 0.1) is 0 Å². The number of thiophene rings is 1. The van der Waals surface area contributed by atoms with E-state index in [4.69, 9.17) is 4.74 Å². The molecule has 0 aliphatic carbocycles. The monoisotopic (exact) mass is 401 g/mol. The Morgan fingerprint density at radius 2 is 1.74 bits per heavy atom. The second-order valence-electron chi connectivity index (χ2n) is 6.43. The lowest BCUT2D eigenvalue weighted by Gasteiger charge is -2.35. The summed E-state index contributed by atoms with van der Waals surface area (Å²) in [5, 5.41) is 3.08. The highest BCUT2D eigenvalue weighted by atomic mass is 35.5. The molecule has 27 heavy (non-hydrogen) atoms. The van der Waals surface area contributed by atoms with Gasteiger partial charge in [-0.15, -0.1) is 23.7 Å². The highest BCUT2D eigenvalue weighted by molar-refractivity contribution is 7.12. The number of rotatable bonds is 5. The van der Waals surface area contributed by atoms with Gasteiger partial charge in [0, 0.05) is 44.5 Å². The quantitative estimate of drug-likeness (QED) is 0.626. The number of piperazine rings is 1. The Morgan fingerprint density at radius 1 is 0.963 bits per heavy atom. The van der Waals surface area contributed by atoms with Crippen LogP contribution < -0.4 is 9.64 Å². The molecule has 6 heteroatoms. The molecule has 1 aliphatic heterocycles. The van der Waals surface area contributed by atoms with E-state index in [1.165, 1.54) is 16.7 Å². The van der Waals surface area contributed by atoms with Crippen molar-refractivity contribution in [3.8, 4) is 16.2 Å². The summed E-state index contributed by atoms with van der Waals surface area (Å²) in [5.74, 6) is 1.08. The normalized spacial score (nSPS) is 14.6. The molecular weight excluding hydrogens is 378 g/mol. The summed E-state index contributed by atoms with van der Waals surface area (Å²) < 4.78 is 5.54. The Hall–Kier alpha value is -2.08. The van der Waals surface area contributed by atoms with Gasteiger partial charge in [0.15, 0.2) is 5.06 Å². The molecule has 4 rings (SSSR count). The third-order valence-electron chi connectivity index (χ3n) is 4.86. The van der Waals surface area contributed by atoms with Crippen LogP contribution in [-0.4, -0.2) is 43.2 Å². The summed E-state index contributed by atoms with van der Waals surface area (Å²) in [6.45, 7) is 5.09. The molecule has 3 aromatic rings. The average molecular weight is 402 g/mol. The van der Waals surface area contributed by atoms with Crippen LogP contribution in [0.3, 0.4) is 0 Å². The average Bonchev–Trinajstić information content (AvgIpc) is 3.18. The van der Waals surface area contributed by atoms with Crippen LogP contribution in [0.4, 0.5) is 5.82 Å². The van der Waals surface area contributed by atoms with Crippen LogP contribution in [0.15, 0.2) is 60.1 Å². The smallest absolute Gasteiger partial charge is 0.181 e. The molecule has 0 bridgehead atoms. The number of methoxy groups -OCH3 is 1. The van der Waals surface area contributed by atoms with Gasteiger partial charge in [0.2, 0.25) is 0 Å². The van der Waals surface area contributed by atoms with Gasteiger partial charge in [-0.2, -0.15) is 0 Å². The molecule has 0 atom stereocenters. The Labute approximate surface area is 170 Å². The molecule has 0 spiro atoms. The molecule has 1 aromatic carbocycles. The minimum atomic E-state index is 0. The fourth-order valence-electron chi connectivity index (χ4n) is 3.49. The zero-order valence-electron chi connectivity index (χ0n) is 15.4. The summed E-state index contributed by atoms with van der Waals surface area (Å²) in [7, 11) is 1.74. The third kappa shape index (κ3) is 4.43. The number of aromatic nitrogens is 1. The van der Waals surface area contributed by atoms with Gasteiger partial charge in [0.25, 0.3) is 0 Å². The molecule has 3 heterocycles. The standard InChI is InChI=1S/C21H23N3OS.ClH/c1-25-21-19(9-15-26-21)18-7-3-2-6-17(18)16-23-11-13-24(14-12-23)20-8-4-5-10-22-20;/h2-10,15H,11-14,16H2,1H3;1H. The first kappa shape index (κ1) is 19.7. The second-order valence-corrected chi connectivity index (χ2v) is 7.31. The van der Waals surface area contributed by atoms with Crippen molar-refractivity contribution in [1.29, 1.82) is 0 Å². The Kier molecular flexibility index (Phi) is 6.72. The largest absolute Gasteiger partial charge is 0.487 e.